The largest absolute Gasteiger partial charge is 0.277 e. The highest BCUT2D eigenvalue weighted by molar-refractivity contribution is 7.71. The second-order valence-electron chi connectivity index (χ2n) is 3.64. The van der Waals surface area contributed by atoms with E-state index in [0.717, 1.165) is 35.4 Å². The van der Waals surface area contributed by atoms with Gasteiger partial charge in [0.2, 0.25) is 0 Å². The second-order valence-corrected chi connectivity index (χ2v) is 4.03. The topological polar surface area (TPSA) is 46.0 Å². The molecule has 5 heteroatoms. The number of aromatic amines is 1. The Labute approximate surface area is 86.0 Å². The van der Waals surface area contributed by atoms with E-state index in [2.05, 4.69) is 15.1 Å². The van der Waals surface area contributed by atoms with Crippen LogP contribution in [-0.4, -0.2) is 19.6 Å². The van der Waals surface area contributed by atoms with Crippen LogP contribution in [-0.2, 0) is 12.8 Å². The minimum Gasteiger partial charge on any atom is -0.277 e. The van der Waals surface area contributed by atoms with Gasteiger partial charge in [0.25, 0.3) is 5.78 Å². The number of hydrogen-bond donors (Lipinski definition) is 1. The van der Waals surface area contributed by atoms with Gasteiger partial charge in [-0.3, -0.25) is 5.10 Å². The van der Waals surface area contributed by atoms with Gasteiger partial charge < -0.3 is 0 Å². The van der Waals surface area contributed by atoms with Crippen molar-refractivity contribution in [1.82, 2.24) is 19.6 Å². The lowest BCUT2D eigenvalue weighted by Crippen LogP contribution is -1.99. The summed E-state index contributed by atoms with van der Waals surface area (Å²) in [5.41, 5.74) is 2.36. The molecule has 72 valence electrons. The quantitative estimate of drug-likeness (QED) is 0.666. The summed E-state index contributed by atoms with van der Waals surface area (Å²) in [5.74, 6) is 1.56. The maximum atomic E-state index is 5.39. The molecule has 2 heterocycles. The predicted molar refractivity (Wildman–Crippen MR) is 54.9 cm³/mol. The van der Waals surface area contributed by atoms with Crippen molar-refractivity contribution in [2.75, 3.05) is 0 Å². The van der Waals surface area contributed by atoms with Crippen molar-refractivity contribution in [3.63, 3.8) is 0 Å². The smallest absolute Gasteiger partial charge is 0.252 e. The third kappa shape index (κ3) is 0.957. The fourth-order valence-corrected chi connectivity index (χ4v) is 2.34. The van der Waals surface area contributed by atoms with E-state index in [1.165, 1.54) is 5.56 Å². The normalized spacial score (nSPS) is 14.9. The Morgan fingerprint density at radius 2 is 2.21 bits per heavy atom. The van der Waals surface area contributed by atoms with Gasteiger partial charge in [0.05, 0.1) is 5.69 Å². The number of hydrogen-bond acceptors (Lipinski definition) is 3. The van der Waals surface area contributed by atoms with E-state index < -0.39 is 0 Å². The summed E-state index contributed by atoms with van der Waals surface area (Å²) in [7, 11) is 0. The van der Waals surface area contributed by atoms with Crippen LogP contribution >= 0.6 is 12.2 Å². The molecule has 0 saturated carbocycles. The van der Waals surface area contributed by atoms with Crippen LogP contribution < -0.4 is 0 Å². The number of rotatable bonds is 0. The lowest BCUT2D eigenvalue weighted by Gasteiger charge is -1.99. The van der Waals surface area contributed by atoms with E-state index in [-0.39, 0.29) is 0 Å². The summed E-state index contributed by atoms with van der Waals surface area (Å²) in [5, 5.41) is 3.10. The van der Waals surface area contributed by atoms with Gasteiger partial charge >= 0.3 is 0 Å². The molecule has 1 aliphatic rings. The number of fused-ring (bicyclic) bond motifs is 2. The summed E-state index contributed by atoms with van der Waals surface area (Å²) < 4.78 is 2.65. The van der Waals surface area contributed by atoms with Gasteiger partial charge in [0.15, 0.2) is 0 Å². The monoisotopic (exact) mass is 206 g/mol. The van der Waals surface area contributed by atoms with Gasteiger partial charge in [-0.1, -0.05) is 12.2 Å². The van der Waals surface area contributed by atoms with Crippen molar-refractivity contribution in [2.45, 2.75) is 26.2 Å². The molecule has 0 atom stereocenters. The van der Waals surface area contributed by atoms with Crippen LogP contribution in [0.2, 0.25) is 0 Å². The number of aryl methyl sites for hydroxylation is 2. The highest BCUT2D eigenvalue weighted by atomic mass is 32.1. The molecule has 0 amide bonds. The Bertz CT molecular complexity index is 566. The van der Waals surface area contributed by atoms with Crippen LogP contribution in [0.1, 0.15) is 23.5 Å². The van der Waals surface area contributed by atoms with E-state index in [4.69, 9.17) is 12.2 Å². The lowest BCUT2D eigenvalue weighted by molar-refractivity contribution is 0.881. The zero-order valence-corrected chi connectivity index (χ0v) is 8.69. The zero-order chi connectivity index (χ0) is 9.71. The van der Waals surface area contributed by atoms with Crippen LogP contribution in [0.3, 0.4) is 0 Å². The van der Waals surface area contributed by atoms with E-state index in [9.17, 15) is 0 Å². The maximum Gasteiger partial charge on any atom is 0.252 e. The van der Waals surface area contributed by atoms with Crippen LogP contribution in [0.5, 0.6) is 0 Å². The summed E-state index contributed by atoms with van der Waals surface area (Å²) in [4.78, 5) is 8.77. The third-order valence-electron chi connectivity index (χ3n) is 2.63. The van der Waals surface area contributed by atoms with E-state index in [0.29, 0.717) is 5.78 Å². The highest BCUT2D eigenvalue weighted by Gasteiger charge is 2.16. The predicted octanol–water partition coefficient (Wildman–Crippen LogP) is 1.58. The molecule has 0 radical (unpaired) electrons. The third-order valence-corrected chi connectivity index (χ3v) is 3.06. The molecular formula is C9H10N4S. The number of aromatic nitrogens is 4. The van der Waals surface area contributed by atoms with Crippen LogP contribution in [0.15, 0.2) is 0 Å². The molecule has 2 aromatic rings. The molecule has 0 fully saturated rings. The summed E-state index contributed by atoms with van der Waals surface area (Å²) in [6, 6.07) is 0. The number of H-pyrrole nitrogens is 1. The average molecular weight is 206 g/mol. The summed E-state index contributed by atoms with van der Waals surface area (Å²) in [6.45, 7) is 1.91. The molecule has 0 saturated heterocycles. The Morgan fingerprint density at radius 1 is 1.36 bits per heavy atom. The number of nitrogens with one attached hydrogen (secondary N) is 1. The molecule has 0 aromatic carbocycles. The van der Waals surface area contributed by atoms with Gasteiger partial charge in [0.1, 0.15) is 10.5 Å². The molecule has 2 aromatic heterocycles. The average Bonchev–Trinajstić information content (AvgIpc) is 2.71. The second kappa shape index (κ2) is 2.63. The van der Waals surface area contributed by atoms with Crippen molar-refractivity contribution in [2.24, 2.45) is 0 Å². The lowest BCUT2D eigenvalue weighted by atomic mass is 10.3. The van der Waals surface area contributed by atoms with Crippen molar-refractivity contribution in [3.8, 4) is 0 Å². The fraction of sp³-hybridized carbons (Fsp3) is 0.444. The van der Waals surface area contributed by atoms with Gasteiger partial charge in [0, 0.05) is 5.56 Å². The molecule has 3 rings (SSSR count). The van der Waals surface area contributed by atoms with Crippen molar-refractivity contribution in [1.29, 1.82) is 0 Å². The van der Waals surface area contributed by atoms with E-state index in [1.807, 2.05) is 6.92 Å². The molecule has 0 spiro atoms. The minimum absolute atomic E-state index is 0.702. The minimum atomic E-state index is 0.702. The molecule has 4 nitrogen and oxygen atoms in total. The van der Waals surface area contributed by atoms with E-state index >= 15 is 0 Å². The molecular weight excluding hydrogens is 196 g/mol. The van der Waals surface area contributed by atoms with Crippen LogP contribution in [0.4, 0.5) is 0 Å². The maximum absolute atomic E-state index is 5.39. The Kier molecular flexibility index (Phi) is 1.53. The van der Waals surface area contributed by atoms with Crippen LogP contribution in [0.25, 0.3) is 5.78 Å². The molecule has 14 heavy (non-hydrogen) atoms. The first-order valence-electron chi connectivity index (χ1n) is 4.73. The van der Waals surface area contributed by atoms with Crippen LogP contribution in [0, 0.1) is 11.6 Å². The molecule has 1 N–H and O–H groups in total. The van der Waals surface area contributed by atoms with Gasteiger partial charge in [-0.15, -0.1) is 0 Å². The molecule has 0 unspecified atom stereocenters. The molecule has 0 aliphatic heterocycles. The Morgan fingerprint density at radius 3 is 3.07 bits per heavy atom. The first-order chi connectivity index (χ1) is 6.75. The Balaban J connectivity index is 2.49. The van der Waals surface area contributed by atoms with Crippen molar-refractivity contribution in [3.05, 3.63) is 21.7 Å². The number of nitrogens with zero attached hydrogens (tertiary/aromatic N) is 3. The fourth-order valence-electron chi connectivity index (χ4n) is 1.99. The molecule has 0 bridgehead atoms. The molecule has 1 aliphatic carbocycles. The first-order valence-corrected chi connectivity index (χ1v) is 5.13. The SMILES string of the molecule is Cc1nc2nc3c(c(=S)n2[nH]1)CCC3. The van der Waals surface area contributed by atoms with Crippen molar-refractivity contribution >= 4 is 18.0 Å². The Hall–Kier alpha value is -1.23. The highest BCUT2D eigenvalue weighted by Crippen LogP contribution is 2.21. The van der Waals surface area contributed by atoms with Gasteiger partial charge in [-0.2, -0.15) is 4.98 Å². The first kappa shape index (κ1) is 8.11. The van der Waals surface area contributed by atoms with Gasteiger partial charge in [-0.05, 0) is 26.2 Å². The summed E-state index contributed by atoms with van der Waals surface area (Å²) >= 11 is 5.39. The van der Waals surface area contributed by atoms with Crippen molar-refractivity contribution < 1.29 is 0 Å². The summed E-state index contributed by atoms with van der Waals surface area (Å²) in [6.07, 6.45) is 3.27. The van der Waals surface area contributed by atoms with Gasteiger partial charge in [-0.25, -0.2) is 9.50 Å². The zero-order valence-electron chi connectivity index (χ0n) is 7.87. The standard InChI is InChI=1S/C9H10N4S/c1-5-10-9-11-7-4-2-3-6(7)8(14)13(9)12-5/h2-4H2,1H3,(H,10,11,12). The van der Waals surface area contributed by atoms with E-state index in [1.54, 1.807) is 4.52 Å².